The molecule has 1 rings (SSSR count). The van der Waals surface area contributed by atoms with Crippen molar-refractivity contribution in [3.8, 4) is 5.75 Å². The molecule has 0 bridgehead atoms. The molecule has 18 heavy (non-hydrogen) atoms. The Morgan fingerprint density at radius 1 is 1.17 bits per heavy atom. The highest BCUT2D eigenvalue weighted by Gasteiger charge is 2.04. The van der Waals surface area contributed by atoms with Crippen molar-refractivity contribution < 1.29 is 4.74 Å². The van der Waals surface area contributed by atoms with Crippen LogP contribution < -0.4 is 10.1 Å². The van der Waals surface area contributed by atoms with Crippen molar-refractivity contribution in [3.05, 3.63) is 29.3 Å². The van der Waals surface area contributed by atoms with Gasteiger partial charge in [0.1, 0.15) is 12.4 Å². The smallest absolute Gasteiger partial charge is 0.119 e. The number of nitrogens with one attached hydrogen (secondary N) is 1. The maximum atomic E-state index is 5.74. The van der Waals surface area contributed by atoms with Crippen LogP contribution in [0.15, 0.2) is 18.2 Å². The Balaban J connectivity index is 2.37. The van der Waals surface area contributed by atoms with Crippen molar-refractivity contribution in [1.82, 2.24) is 5.32 Å². The normalized spacial score (nSPS) is 11.3. The first-order chi connectivity index (χ1) is 8.50. The Morgan fingerprint density at radius 2 is 1.89 bits per heavy atom. The summed E-state index contributed by atoms with van der Waals surface area (Å²) in [6.45, 7) is 13.7. The summed E-state index contributed by atoms with van der Waals surface area (Å²) in [5.41, 5.74) is 2.72. The second-order valence-electron chi connectivity index (χ2n) is 5.62. The van der Waals surface area contributed by atoms with Crippen molar-refractivity contribution in [2.24, 2.45) is 5.92 Å². The van der Waals surface area contributed by atoms with Gasteiger partial charge >= 0.3 is 0 Å². The summed E-state index contributed by atoms with van der Waals surface area (Å²) in [6.07, 6.45) is 0. The highest BCUT2D eigenvalue weighted by atomic mass is 16.5. The topological polar surface area (TPSA) is 21.3 Å². The molecule has 0 radical (unpaired) electrons. The Kier molecular flexibility index (Phi) is 6.20. The van der Waals surface area contributed by atoms with Gasteiger partial charge in [0.25, 0.3) is 0 Å². The van der Waals surface area contributed by atoms with Crippen molar-refractivity contribution >= 4 is 0 Å². The maximum absolute atomic E-state index is 5.74. The number of ether oxygens (including phenoxy) is 1. The summed E-state index contributed by atoms with van der Waals surface area (Å²) in [5, 5.41) is 3.37. The molecule has 0 amide bonds. The molecule has 2 heteroatoms. The molecule has 0 spiro atoms. The molecular weight excluding hydrogens is 222 g/mol. The summed E-state index contributed by atoms with van der Waals surface area (Å²) in [4.78, 5) is 0. The van der Waals surface area contributed by atoms with E-state index in [1.54, 1.807) is 0 Å². The number of benzene rings is 1. The Hall–Kier alpha value is -1.02. The van der Waals surface area contributed by atoms with Crippen LogP contribution in [0.1, 0.15) is 44.7 Å². The molecule has 0 heterocycles. The van der Waals surface area contributed by atoms with Crippen LogP contribution in [-0.2, 0) is 0 Å². The highest BCUT2D eigenvalue weighted by Crippen LogP contribution is 2.23. The van der Waals surface area contributed by atoms with Gasteiger partial charge in [-0.05, 0) is 48.6 Å². The Bertz CT molecular complexity index is 358. The predicted octanol–water partition coefficient (Wildman–Crippen LogP) is 3.74. The number of hydrogen-bond donors (Lipinski definition) is 1. The van der Waals surface area contributed by atoms with E-state index in [1.165, 1.54) is 11.1 Å². The standard InChI is InChI=1S/C16H27NO/c1-12(2)11-17-8-9-18-15-6-7-16(13(3)4)14(5)10-15/h6-7,10,12-13,17H,8-9,11H2,1-5H3. The molecule has 0 saturated carbocycles. The van der Waals surface area contributed by atoms with Gasteiger partial charge in [-0.1, -0.05) is 33.8 Å². The quantitative estimate of drug-likeness (QED) is 0.743. The zero-order valence-corrected chi connectivity index (χ0v) is 12.4. The fourth-order valence-corrected chi connectivity index (χ4v) is 2.02. The number of hydrogen-bond acceptors (Lipinski definition) is 2. The van der Waals surface area contributed by atoms with Gasteiger partial charge in [-0.3, -0.25) is 0 Å². The van der Waals surface area contributed by atoms with Gasteiger partial charge in [-0.25, -0.2) is 0 Å². The van der Waals surface area contributed by atoms with E-state index in [9.17, 15) is 0 Å². The minimum absolute atomic E-state index is 0.576. The fraction of sp³-hybridized carbons (Fsp3) is 0.625. The minimum Gasteiger partial charge on any atom is -0.492 e. The van der Waals surface area contributed by atoms with Crippen molar-refractivity contribution in [3.63, 3.8) is 0 Å². The summed E-state index contributed by atoms with van der Waals surface area (Å²) in [5.74, 6) is 2.24. The first-order valence-corrected chi connectivity index (χ1v) is 6.94. The van der Waals surface area contributed by atoms with Gasteiger partial charge in [-0.2, -0.15) is 0 Å². The van der Waals surface area contributed by atoms with Gasteiger partial charge in [0.2, 0.25) is 0 Å². The van der Waals surface area contributed by atoms with E-state index in [4.69, 9.17) is 4.74 Å². The lowest BCUT2D eigenvalue weighted by molar-refractivity contribution is 0.310. The first-order valence-electron chi connectivity index (χ1n) is 6.94. The molecule has 0 aliphatic heterocycles. The van der Waals surface area contributed by atoms with Crippen molar-refractivity contribution in [2.45, 2.75) is 40.5 Å². The van der Waals surface area contributed by atoms with Gasteiger partial charge in [-0.15, -0.1) is 0 Å². The summed E-state index contributed by atoms with van der Waals surface area (Å²) in [7, 11) is 0. The van der Waals surface area contributed by atoms with Crippen LogP contribution in [-0.4, -0.2) is 19.7 Å². The van der Waals surface area contributed by atoms with Crippen LogP contribution in [0.2, 0.25) is 0 Å². The first kappa shape index (κ1) is 15.0. The molecule has 1 N–H and O–H groups in total. The van der Waals surface area contributed by atoms with Crippen LogP contribution in [0.4, 0.5) is 0 Å². The Morgan fingerprint density at radius 3 is 2.44 bits per heavy atom. The van der Waals surface area contributed by atoms with Crippen LogP contribution in [0.25, 0.3) is 0 Å². The molecule has 0 aromatic heterocycles. The number of aryl methyl sites for hydroxylation is 1. The van der Waals surface area contributed by atoms with E-state index in [0.717, 1.165) is 25.4 Å². The van der Waals surface area contributed by atoms with Crippen molar-refractivity contribution in [1.29, 1.82) is 0 Å². The molecule has 2 nitrogen and oxygen atoms in total. The van der Waals surface area contributed by atoms with Gasteiger partial charge < -0.3 is 10.1 Å². The van der Waals surface area contributed by atoms with E-state index in [1.807, 2.05) is 0 Å². The second kappa shape index (κ2) is 7.42. The Labute approximate surface area is 112 Å². The minimum atomic E-state index is 0.576. The number of rotatable bonds is 7. The van der Waals surface area contributed by atoms with E-state index < -0.39 is 0 Å². The average Bonchev–Trinajstić information content (AvgIpc) is 2.27. The summed E-state index contributed by atoms with van der Waals surface area (Å²) in [6, 6.07) is 6.39. The third kappa shape index (κ3) is 5.09. The molecule has 1 aromatic carbocycles. The largest absolute Gasteiger partial charge is 0.492 e. The van der Waals surface area contributed by atoms with E-state index >= 15 is 0 Å². The van der Waals surface area contributed by atoms with Crippen LogP contribution in [0, 0.1) is 12.8 Å². The van der Waals surface area contributed by atoms with Crippen LogP contribution in [0.5, 0.6) is 5.75 Å². The van der Waals surface area contributed by atoms with E-state index in [0.29, 0.717) is 11.8 Å². The van der Waals surface area contributed by atoms with Crippen LogP contribution in [0.3, 0.4) is 0 Å². The second-order valence-corrected chi connectivity index (χ2v) is 5.62. The zero-order valence-electron chi connectivity index (χ0n) is 12.4. The lowest BCUT2D eigenvalue weighted by atomic mass is 9.98. The molecule has 102 valence electrons. The van der Waals surface area contributed by atoms with E-state index in [-0.39, 0.29) is 0 Å². The lowest BCUT2D eigenvalue weighted by Gasteiger charge is -2.13. The van der Waals surface area contributed by atoms with Gasteiger partial charge in [0, 0.05) is 6.54 Å². The molecule has 0 unspecified atom stereocenters. The molecule has 0 aliphatic rings. The molecule has 0 saturated heterocycles. The molecular formula is C16H27NO. The van der Waals surface area contributed by atoms with Gasteiger partial charge in [0.05, 0.1) is 0 Å². The third-order valence-electron chi connectivity index (χ3n) is 2.96. The fourth-order valence-electron chi connectivity index (χ4n) is 2.02. The third-order valence-corrected chi connectivity index (χ3v) is 2.96. The molecule has 0 atom stereocenters. The predicted molar refractivity (Wildman–Crippen MR) is 78.5 cm³/mol. The lowest BCUT2D eigenvalue weighted by Crippen LogP contribution is -2.24. The highest BCUT2D eigenvalue weighted by molar-refractivity contribution is 5.36. The zero-order chi connectivity index (χ0) is 13.5. The monoisotopic (exact) mass is 249 g/mol. The summed E-state index contributed by atoms with van der Waals surface area (Å²) < 4.78 is 5.74. The summed E-state index contributed by atoms with van der Waals surface area (Å²) >= 11 is 0. The van der Waals surface area contributed by atoms with E-state index in [2.05, 4.69) is 58.1 Å². The maximum Gasteiger partial charge on any atom is 0.119 e. The molecule has 1 aromatic rings. The van der Waals surface area contributed by atoms with Crippen LogP contribution >= 0.6 is 0 Å². The van der Waals surface area contributed by atoms with Gasteiger partial charge in [0.15, 0.2) is 0 Å². The molecule has 0 fully saturated rings. The average molecular weight is 249 g/mol. The van der Waals surface area contributed by atoms with Crippen molar-refractivity contribution in [2.75, 3.05) is 19.7 Å². The molecule has 0 aliphatic carbocycles. The SMILES string of the molecule is Cc1cc(OCCNCC(C)C)ccc1C(C)C.